The molecule has 1 aromatic rings. The lowest BCUT2D eigenvalue weighted by Crippen LogP contribution is -2.45. The topological polar surface area (TPSA) is 81.4 Å². The summed E-state index contributed by atoms with van der Waals surface area (Å²) in [4.78, 5) is 0.298. The van der Waals surface area contributed by atoms with E-state index in [0.29, 0.717) is 41.2 Å². The average molecular weight is 312 g/mol. The summed E-state index contributed by atoms with van der Waals surface area (Å²) in [7, 11) is -3.58. The van der Waals surface area contributed by atoms with Gasteiger partial charge < -0.3 is 10.5 Å². The number of hydrogen-bond acceptors (Lipinski definition) is 4. The first-order valence-electron chi connectivity index (χ1n) is 7.14. The summed E-state index contributed by atoms with van der Waals surface area (Å²) in [6.45, 7) is 8.05. The molecule has 2 rings (SSSR count). The number of rotatable bonds is 3. The van der Waals surface area contributed by atoms with Crippen LogP contribution in [0.4, 0.5) is 5.69 Å². The minimum atomic E-state index is -3.58. The summed E-state index contributed by atoms with van der Waals surface area (Å²) < 4.78 is 33.8. The highest BCUT2D eigenvalue weighted by atomic mass is 32.2. The van der Waals surface area contributed by atoms with Crippen LogP contribution in [0.5, 0.6) is 0 Å². The monoisotopic (exact) mass is 312 g/mol. The van der Waals surface area contributed by atoms with Crippen molar-refractivity contribution in [2.45, 2.75) is 57.1 Å². The zero-order valence-electron chi connectivity index (χ0n) is 13.1. The smallest absolute Gasteiger partial charge is 0.241 e. The summed E-state index contributed by atoms with van der Waals surface area (Å²) in [5.74, 6) is 0. The Labute approximate surface area is 126 Å². The van der Waals surface area contributed by atoms with Gasteiger partial charge in [0.25, 0.3) is 0 Å². The SMILES string of the molecule is Cc1ccc(N)c(C)c1S(=O)(=O)NC1CCOC(C)(C)C1. The van der Waals surface area contributed by atoms with Crippen molar-refractivity contribution in [2.24, 2.45) is 0 Å². The van der Waals surface area contributed by atoms with Crippen LogP contribution in [0.3, 0.4) is 0 Å². The number of sulfonamides is 1. The quantitative estimate of drug-likeness (QED) is 0.838. The van der Waals surface area contributed by atoms with Crippen LogP contribution in [0.1, 0.15) is 37.8 Å². The van der Waals surface area contributed by atoms with Crippen LogP contribution in [-0.4, -0.2) is 26.7 Å². The molecule has 0 aromatic heterocycles. The lowest BCUT2D eigenvalue weighted by Gasteiger charge is -2.35. The minimum Gasteiger partial charge on any atom is -0.398 e. The summed E-state index contributed by atoms with van der Waals surface area (Å²) in [5, 5.41) is 0. The van der Waals surface area contributed by atoms with E-state index < -0.39 is 10.0 Å². The number of benzene rings is 1. The molecular weight excluding hydrogens is 288 g/mol. The van der Waals surface area contributed by atoms with Gasteiger partial charge in [0.05, 0.1) is 10.5 Å². The van der Waals surface area contributed by atoms with Crippen molar-refractivity contribution in [3.05, 3.63) is 23.3 Å². The fourth-order valence-corrected chi connectivity index (χ4v) is 4.64. The Morgan fingerprint density at radius 1 is 1.33 bits per heavy atom. The van der Waals surface area contributed by atoms with Crippen molar-refractivity contribution in [1.82, 2.24) is 4.72 Å². The van der Waals surface area contributed by atoms with E-state index in [0.717, 1.165) is 0 Å². The Morgan fingerprint density at radius 3 is 2.62 bits per heavy atom. The van der Waals surface area contributed by atoms with E-state index in [-0.39, 0.29) is 11.6 Å². The normalized spacial score (nSPS) is 22.2. The Balaban J connectivity index is 2.29. The second-order valence-electron chi connectivity index (χ2n) is 6.34. The minimum absolute atomic E-state index is 0.112. The molecule has 0 amide bonds. The van der Waals surface area contributed by atoms with E-state index in [2.05, 4.69) is 4.72 Å². The fraction of sp³-hybridized carbons (Fsp3) is 0.600. The van der Waals surface area contributed by atoms with E-state index in [9.17, 15) is 8.42 Å². The summed E-state index contributed by atoms with van der Waals surface area (Å²) in [6.07, 6.45) is 1.34. The molecular formula is C15H24N2O3S. The van der Waals surface area contributed by atoms with Crippen molar-refractivity contribution >= 4 is 15.7 Å². The lowest BCUT2D eigenvalue weighted by molar-refractivity contribution is -0.0599. The third kappa shape index (κ3) is 3.56. The molecule has 1 heterocycles. The first-order chi connectivity index (χ1) is 9.62. The number of hydrogen-bond donors (Lipinski definition) is 2. The van der Waals surface area contributed by atoms with Gasteiger partial charge in [-0.05, 0) is 57.7 Å². The zero-order chi connectivity index (χ0) is 15.8. The number of nitrogen functional groups attached to an aromatic ring is 1. The van der Waals surface area contributed by atoms with Crippen LogP contribution in [0.2, 0.25) is 0 Å². The standard InChI is InChI=1S/C15H24N2O3S/c1-10-5-6-13(16)11(2)14(10)21(18,19)17-12-7-8-20-15(3,4)9-12/h5-6,12,17H,7-9,16H2,1-4H3. The van der Waals surface area contributed by atoms with E-state index in [4.69, 9.17) is 10.5 Å². The third-order valence-electron chi connectivity index (χ3n) is 3.93. The molecule has 1 saturated heterocycles. The first-order valence-corrected chi connectivity index (χ1v) is 8.63. The number of anilines is 1. The Hall–Kier alpha value is -1.11. The van der Waals surface area contributed by atoms with Gasteiger partial charge in [0.1, 0.15) is 0 Å². The van der Waals surface area contributed by atoms with Gasteiger partial charge in [-0.15, -0.1) is 0 Å². The molecule has 1 unspecified atom stereocenters. The molecule has 6 heteroatoms. The molecule has 5 nitrogen and oxygen atoms in total. The molecule has 118 valence electrons. The fourth-order valence-electron chi connectivity index (χ4n) is 2.87. The summed E-state index contributed by atoms with van der Waals surface area (Å²) in [6, 6.07) is 3.37. The van der Waals surface area contributed by atoms with Gasteiger partial charge >= 0.3 is 0 Å². The zero-order valence-corrected chi connectivity index (χ0v) is 13.9. The molecule has 0 spiro atoms. The van der Waals surface area contributed by atoms with Crippen LogP contribution in [0.15, 0.2) is 17.0 Å². The largest absolute Gasteiger partial charge is 0.398 e. The second kappa shape index (κ2) is 5.59. The molecule has 0 bridgehead atoms. The maximum absolute atomic E-state index is 12.7. The molecule has 0 radical (unpaired) electrons. The van der Waals surface area contributed by atoms with E-state index in [1.807, 2.05) is 13.8 Å². The van der Waals surface area contributed by atoms with Gasteiger partial charge in [0, 0.05) is 18.3 Å². The van der Waals surface area contributed by atoms with Crippen LogP contribution in [-0.2, 0) is 14.8 Å². The average Bonchev–Trinajstić information content (AvgIpc) is 2.32. The van der Waals surface area contributed by atoms with Gasteiger partial charge in [0.15, 0.2) is 0 Å². The first kappa shape index (κ1) is 16.3. The highest BCUT2D eigenvalue weighted by Gasteiger charge is 2.32. The predicted molar refractivity (Wildman–Crippen MR) is 83.7 cm³/mol. The van der Waals surface area contributed by atoms with Crippen molar-refractivity contribution in [3.63, 3.8) is 0 Å². The molecule has 0 saturated carbocycles. The molecule has 1 fully saturated rings. The predicted octanol–water partition coefficient (Wildman–Crippen LogP) is 2.12. The van der Waals surface area contributed by atoms with Crippen LogP contribution < -0.4 is 10.5 Å². The Bertz CT molecular complexity index is 639. The van der Waals surface area contributed by atoms with Crippen LogP contribution in [0.25, 0.3) is 0 Å². The second-order valence-corrected chi connectivity index (χ2v) is 8.00. The highest BCUT2D eigenvalue weighted by molar-refractivity contribution is 7.89. The van der Waals surface area contributed by atoms with Gasteiger partial charge in [0.2, 0.25) is 10.0 Å². The molecule has 1 aliphatic rings. The van der Waals surface area contributed by atoms with Crippen molar-refractivity contribution in [2.75, 3.05) is 12.3 Å². The van der Waals surface area contributed by atoms with Crippen molar-refractivity contribution in [3.8, 4) is 0 Å². The number of ether oxygens (including phenoxy) is 1. The number of nitrogens with one attached hydrogen (secondary N) is 1. The molecule has 21 heavy (non-hydrogen) atoms. The Morgan fingerprint density at radius 2 is 2.00 bits per heavy atom. The third-order valence-corrected chi connectivity index (χ3v) is 5.74. The van der Waals surface area contributed by atoms with Crippen LogP contribution >= 0.6 is 0 Å². The molecule has 1 aliphatic heterocycles. The number of nitrogens with two attached hydrogens (primary N) is 1. The van der Waals surface area contributed by atoms with Gasteiger partial charge in [-0.3, -0.25) is 0 Å². The Kier molecular flexibility index (Phi) is 4.33. The maximum atomic E-state index is 12.7. The maximum Gasteiger partial charge on any atom is 0.241 e. The molecule has 3 N–H and O–H groups in total. The molecule has 1 atom stereocenters. The molecule has 1 aromatic carbocycles. The molecule has 0 aliphatic carbocycles. The van der Waals surface area contributed by atoms with E-state index >= 15 is 0 Å². The van der Waals surface area contributed by atoms with Crippen molar-refractivity contribution < 1.29 is 13.2 Å². The lowest BCUT2D eigenvalue weighted by atomic mass is 9.95. The van der Waals surface area contributed by atoms with E-state index in [1.165, 1.54) is 0 Å². The van der Waals surface area contributed by atoms with Gasteiger partial charge in [-0.25, -0.2) is 13.1 Å². The van der Waals surface area contributed by atoms with Crippen LogP contribution in [0, 0.1) is 13.8 Å². The van der Waals surface area contributed by atoms with Gasteiger partial charge in [-0.1, -0.05) is 6.07 Å². The summed E-state index contributed by atoms with van der Waals surface area (Å²) in [5.41, 5.74) is 7.36. The van der Waals surface area contributed by atoms with E-state index in [1.54, 1.807) is 26.0 Å². The number of aryl methyl sites for hydroxylation is 1. The van der Waals surface area contributed by atoms with Crippen molar-refractivity contribution in [1.29, 1.82) is 0 Å². The van der Waals surface area contributed by atoms with Gasteiger partial charge in [-0.2, -0.15) is 0 Å². The summed E-state index contributed by atoms with van der Waals surface area (Å²) >= 11 is 0. The highest BCUT2D eigenvalue weighted by Crippen LogP contribution is 2.28.